The van der Waals surface area contributed by atoms with Gasteiger partial charge in [-0.05, 0) is 25.5 Å². The Hall–Kier alpha value is -1.05. The lowest BCUT2D eigenvalue weighted by Crippen LogP contribution is -2.59. The SMILES string of the molecule is CC1=CC2C(=O)C(I)N(C(C)N=[N+]=[N-])CN2C=C1. The molecule has 0 aromatic heterocycles. The molecule has 0 aliphatic carbocycles. The highest BCUT2D eigenvalue weighted by Crippen LogP contribution is 2.27. The fraction of sp³-hybridized carbons (Fsp3) is 0.545. The molecule has 0 bridgehead atoms. The topological polar surface area (TPSA) is 72.3 Å². The molecule has 3 atom stereocenters. The molecule has 2 rings (SSSR count). The van der Waals surface area contributed by atoms with Crippen molar-refractivity contribution >= 4 is 28.4 Å². The molecule has 2 aliphatic rings. The Balaban J connectivity index is 2.24. The maximum atomic E-state index is 12.3. The molecule has 1 fully saturated rings. The van der Waals surface area contributed by atoms with E-state index >= 15 is 0 Å². The van der Waals surface area contributed by atoms with E-state index in [-0.39, 0.29) is 22.0 Å². The third-order valence-electron chi connectivity index (χ3n) is 3.15. The lowest BCUT2D eigenvalue weighted by molar-refractivity contribution is -0.130. The third-order valence-corrected chi connectivity index (χ3v) is 4.48. The van der Waals surface area contributed by atoms with Gasteiger partial charge in [0.2, 0.25) is 0 Å². The summed E-state index contributed by atoms with van der Waals surface area (Å²) in [6.07, 6.45) is 5.55. The first-order valence-corrected chi connectivity index (χ1v) is 6.89. The number of carbonyl (C=O) groups excluding carboxylic acids is 1. The number of Topliss-reactive ketones (excluding diaryl/α,β-unsaturated/α-hetero) is 1. The lowest BCUT2D eigenvalue weighted by atomic mass is 10.0. The fourth-order valence-electron chi connectivity index (χ4n) is 2.10. The van der Waals surface area contributed by atoms with Crippen molar-refractivity contribution in [3.05, 3.63) is 34.4 Å². The van der Waals surface area contributed by atoms with Gasteiger partial charge >= 0.3 is 0 Å². The highest BCUT2D eigenvalue weighted by Gasteiger charge is 2.40. The number of hydrogen-bond acceptors (Lipinski definition) is 4. The minimum absolute atomic E-state index is 0.130. The van der Waals surface area contributed by atoms with E-state index in [1.807, 2.05) is 35.1 Å². The number of azide groups is 1. The summed E-state index contributed by atoms with van der Waals surface area (Å²) in [5, 5.41) is 3.67. The van der Waals surface area contributed by atoms with Gasteiger partial charge in [-0.2, -0.15) is 0 Å². The minimum Gasteiger partial charge on any atom is -0.351 e. The Kier molecular flexibility index (Phi) is 3.94. The largest absolute Gasteiger partial charge is 0.351 e. The Morgan fingerprint density at radius 3 is 3.06 bits per heavy atom. The summed E-state index contributed by atoms with van der Waals surface area (Å²) in [7, 11) is 0. The molecule has 96 valence electrons. The van der Waals surface area contributed by atoms with E-state index in [0.29, 0.717) is 6.67 Å². The maximum Gasteiger partial charge on any atom is 0.186 e. The van der Waals surface area contributed by atoms with E-state index in [1.165, 1.54) is 0 Å². The number of nitrogens with zero attached hydrogens (tertiary/aromatic N) is 5. The summed E-state index contributed by atoms with van der Waals surface area (Å²) in [5.41, 5.74) is 9.60. The molecule has 2 heterocycles. The van der Waals surface area contributed by atoms with Gasteiger partial charge in [-0.1, -0.05) is 39.4 Å². The van der Waals surface area contributed by atoms with Gasteiger partial charge in [-0.3, -0.25) is 9.69 Å². The van der Waals surface area contributed by atoms with Crippen molar-refractivity contribution in [3.8, 4) is 0 Å². The van der Waals surface area contributed by atoms with Crippen LogP contribution in [0.25, 0.3) is 10.4 Å². The average molecular weight is 359 g/mol. The number of fused-ring (bicyclic) bond motifs is 1. The number of halogens is 1. The van der Waals surface area contributed by atoms with Crippen molar-refractivity contribution in [2.45, 2.75) is 30.1 Å². The highest BCUT2D eigenvalue weighted by atomic mass is 127. The Bertz CT molecular complexity index is 468. The molecule has 3 unspecified atom stereocenters. The molecule has 6 nitrogen and oxygen atoms in total. The van der Waals surface area contributed by atoms with Crippen LogP contribution >= 0.6 is 22.6 Å². The van der Waals surface area contributed by atoms with Crippen molar-refractivity contribution in [1.82, 2.24) is 9.80 Å². The van der Waals surface area contributed by atoms with E-state index in [9.17, 15) is 4.79 Å². The first-order chi connectivity index (χ1) is 8.54. The molecule has 0 saturated carbocycles. The normalized spacial score (nSPS) is 29.4. The summed E-state index contributed by atoms with van der Waals surface area (Å²) in [6.45, 7) is 4.37. The second kappa shape index (κ2) is 5.29. The van der Waals surface area contributed by atoms with Gasteiger partial charge in [0.15, 0.2) is 5.78 Å². The monoisotopic (exact) mass is 359 g/mol. The van der Waals surface area contributed by atoms with Crippen LogP contribution < -0.4 is 0 Å². The van der Waals surface area contributed by atoms with Gasteiger partial charge in [0.05, 0.1) is 12.8 Å². The molecule has 7 heteroatoms. The minimum atomic E-state index is -0.331. The molecule has 0 radical (unpaired) electrons. The average Bonchev–Trinajstić information content (AvgIpc) is 2.34. The van der Waals surface area contributed by atoms with Crippen molar-refractivity contribution < 1.29 is 4.79 Å². The number of allylic oxidation sites excluding steroid dienone is 2. The van der Waals surface area contributed by atoms with Gasteiger partial charge < -0.3 is 4.90 Å². The van der Waals surface area contributed by atoms with Crippen LogP contribution in [-0.2, 0) is 4.79 Å². The summed E-state index contributed by atoms with van der Waals surface area (Å²) in [5.74, 6) is 0.130. The van der Waals surface area contributed by atoms with E-state index < -0.39 is 0 Å². The molecule has 18 heavy (non-hydrogen) atoms. The molecular formula is C11H14IN5O. The zero-order chi connectivity index (χ0) is 13.3. The zero-order valence-electron chi connectivity index (χ0n) is 10.2. The molecule has 0 spiro atoms. The van der Waals surface area contributed by atoms with Crippen molar-refractivity contribution in [2.24, 2.45) is 5.11 Å². The van der Waals surface area contributed by atoms with Crippen LogP contribution in [0.4, 0.5) is 0 Å². The third kappa shape index (κ3) is 2.38. The molecule has 2 aliphatic heterocycles. The van der Waals surface area contributed by atoms with Crippen molar-refractivity contribution in [3.63, 3.8) is 0 Å². The van der Waals surface area contributed by atoms with Crippen LogP contribution in [0.1, 0.15) is 13.8 Å². The molecule has 0 aromatic rings. The lowest BCUT2D eigenvalue weighted by Gasteiger charge is -2.44. The van der Waals surface area contributed by atoms with Gasteiger partial charge in [-0.25, -0.2) is 0 Å². The van der Waals surface area contributed by atoms with Gasteiger partial charge in [0.25, 0.3) is 0 Å². The van der Waals surface area contributed by atoms with Crippen LogP contribution in [0.15, 0.2) is 29.0 Å². The van der Waals surface area contributed by atoms with E-state index in [0.717, 1.165) is 5.57 Å². The van der Waals surface area contributed by atoms with Gasteiger partial charge in [0, 0.05) is 11.1 Å². The maximum absolute atomic E-state index is 12.3. The highest BCUT2D eigenvalue weighted by molar-refractivity contribution is 14.1. The molecule has 0 amide bonds. The number of carbonyl (C=O) groups is 1. The summed E-state index contributed by atoms with van der Waals surface area (Å²) in [6, 6.07) is -0.189. The first kappa shape index (κ1) is 13.4. The molecular weight excluding hydrogens is 345 g/mol. The Morgan fingerprint density at radius 2 is 2.39 bits per heavy atom. The molecule has 0 aromatic carbocycles. The van der Waals surface area contributed by atoms with Crippen LogP contribution in [0.2, 0.25) is 0 Å². The molecule has 1 saturated heterocycles. The van der Waals surface area contributed by atoms with Crippen LogP contribution in [0.5, 0.6) is 0 Å². The number of rotatable bonds is 2. The Morgan fingerprint density at radius 1 is 1.67 bits per heavy atom. The van der Waals surface area contributed by atoms with Gasteiger partial charge in [-0.15, -0.1) is 0 Å². The summed E-state index contributed by atoms with van der Waals surface area (Å²) >= 11 is 2.11. The van der Waals surface area contributed by atoms with Crippen LogP contribution in [0, 0.1) is 0 Å². The van der Waals surface area contributed by atoms with E-state index in [1.54, 1.807) is 6.92 Å². The summed E-state index contributed by atoms with van der Waals surface area (Å²) < 4.78 is -0.264. The standard InChI is InChI=1S/C11H14IN5O/c1-7-3-4-16-6-17(8(2)14-15-13)11(12)10(18)9(16)5-7/h3-5,8-9,11H,6H2,1-2H3. The molecule has 0 N–H and O–H groups in total. The first-order valence-electron chi connectivity index (χ1n) is 5.64. The number of hydrogen-bond donors (Lipinski definition) is 0. The quantitative estimate of drug-likeness (QED) is 0.190. The van der Waals surface area contributed by atoms with Crippen molar-refractivity contribution in [1.29, 1.82) is 0 Å². The predicted molar refractivity (Wildman–Crippen MR) is 76.7 cm³/mol. The predicted octanol–water partition coefficient (Wildman–Crippen LogP) is 2.39. The second-order valence-electron chi connectivity index (χ2n) is 4.42. The van der Waals surface area contributed by atoms with Crippen LogP contribution in [-0.4, -0.2) is 38.5 Å². The zero-order valence-corrected chi connectivity index (χ0v) is 12.4. The number of ketones is 1. The second-order valence-corrected chi connectivity index (χ2v) is 5.60. The van der Waals surface area contributed by atoms with E-state index in [2.05, 4.69) is 32.6 Å². The van der Waals surface area contributed by atoms with Gasteiger partial charge in [0.1, 0.15) is 10.1 Å². The van der Waals surface area contributed by atoms with Crippen molar-refractivity contribution in [2.75, 3.05) is 6.67 Å². The Labute approximate surface area is 119 Å². The fourth-order valence-corrected chi connectivity index (χ4v) is 3.11. The smallest absolute Gasteiger partial charge is 0.186 e. The summed E-state index contributed by atoms with van der Waals surface area (Å²) in [4.78, 5) is 19.0. The number of alkyl halides is 1. The van der Waals surface area contributed by atoms with E-state index in [4.69, 9.17) is 5.53 Å². The van der Waals surface area contributed by atoms with Crippen LogP contribution in [0.3, 0.4) is 0 Å².